The lowest BCUT2D eigenvalue weighted by atomic mass is 10.0. The third-order valence-corrected chi connectivity index (χ3v) is 4.96. The van der Waals surface area contributed by atoms with Crippen molar-refractivity contribution < 1.29 is 9.47 Å². The third kappa shape index (κ3) is 10.7. The summed E-state index contributed by atoms with van der Waals surface area (Å²) in [5.74, 6) is 0.987. The molecule has 0 aliphatic carbocycles. The average molecular weight is 359 g/mol. The molecule has 26 heavy (non-hydrogen) atoms. The predicted molar refractivity (Wildman–Crippen MR) is 111 cm³/mol. The summed E-state index contributed by atoms with van der Waals surface area (Å²) in [5, 5.41) is 0. The number of epoxide rings is 1. The van der Waals surface area contributed by atoms with E-state index in [1.165, 1.54) is 76.2 Å². The predicted octanol–water partition coefficient (Wildman–Crippen LogP) is 6.87. The molecule has 1 fully saturated rings. The molecule has 1 aliphatic rings. The summed E-state index contributed by atoms with van der Waals surface area (Å²) < 4.78 is 10.9. The van der Waals surface area contributed by atoms with E-state index in [0.717, 1.165) is 18.8 Å². The van der Waals surface area contributed by atoms with Crippen molar-refractivity contribution in [3.8, 4) is 5.75 Å². The van der Waals surface area contributed by atoms with Gasteiger partial charge in [0, 0.05) is 0 Å². The Morgan fingerprint density at radius 3 is 2.38 bits per heavy atom. The largest absolute Gasteiger partial charge is 0.491 e. The van der Waals surface area contributed by atoms with Crippen molar-refractivity contribution in [2.45, 2.75) is 90.1 Å². The fourth-order valence-electron chi connectivity index (χ4n) is 3.19. The Bertz CT molecular complexity index is 491. The van der Waals surface area contributed by atoms with E-state index in [4.69, 9.17) is 9.47 Å². The van der Waals surface area contributed by atoms with Gasteiger partial charge in [0.05, 0.1) is 6.61 Å². The minimum Gasteiger partial charge on any atom is -0.491 e. The summed E-state index contributed by atoms with van der Waals surface area (Å²) in [6.07, 6.45) is 21.0. The van der Waals surface area contributed by atoms with Crippen LogP contribution in [0.1, 0.15) is 83.1 Å². The summed E-state index contributed by atoms with van der Waals surface area (Å²) in [4.78, 5) is 0. The van der Waals surface area contributed by atoms with Crippen LogP contribution in [-0.4, -0.2) is 19.3 Å². The van der Waals surface area contributed by atoms with Gasteiger partial charge < -0.3 is 9.47 Å². The Morgan fingerprint density at radius 2 is 1.65 bits per heavy atom. The van der Waals surface area contributed by atoms with Crippen molar-refractivity contribution in [2.24, 2.45) is 0 Å². The molecule has 0 aromatic heterocycles. The smallest absolute Gasteiger partial charge is 0.119 e. The van der Waals surface area contributed by atoms with Gasteiger partial charge in [-0.1, -0.05) is 69.7 Å². The first-order valence-electron chi connectivity index (χ1n) is 10.9. The van der Waals surface area contributed by atoms with Crippen LogP contribution in [0.25, 0.3) is 0 Å². The molecule has 146 valence electrons. The summed E-state index contributed by atoms with van der Waals surface area (Å²) in [6.45, 7) is 3.81. The molecule has 0 radical (unpaired) electrons. The van der Waals surface area contributed by atoms with Gasteiger partial charge in [-0.3, -0.25) is 0 Å². The van der Waals surface area contributed by atoms with E-state index in [2.05, 4.69) is 37.3 Å². The van der Waals surface area contributed by atoms with Gasteiger partial charge in [0.2, 0.25) is 0 Å². The highest BCUT2D eigenvalue weighted by atomic mass is 16.6. The first-order chi connectivity index (χ1) is 12.9. The van der Waals surface area contributed by atoms with Crippen LogP contribution in [0.3, 0.4) is 0 Å². The summed E-state index contributed by atoms with van der Waals surface area (Å²) >= 11 is 0. The van der Waals surface area contributed by atoms with Crippen molar-refractivity contribution in [1.82, 2.24) is 0 Å². The van der Waals surface area contributed by atoms with Gasteiger partial charge in [-0.2, -0.15) is 0 Å². The summed E-state index contributed by atoms with van der Waals surface area (Å²) in [6, 6.07) is 8.56. The topological polar surface area (TPSA) is 21.8 Å². The second-order valence-corrected chi connectivity index (χ2v) is 7.54. The van der Waals surface area contributed by atoms with Gasteiger partial charge in [-0.15, -0.1) is 0 Å². The summed E-state index contributed by atoms with van der Waals surface area (Å²) in [7, 11) is 0. The molecule has 2 rings (SSSR count). The molecule has 2 heteroatoms. The number of rotatable bonds is 16. The van der Waals surface area contributed by atoms with E-state index in [1.807, 2.05) is 6.07 Å². The standard InChI is InChI=1S/C24H38O2/c1-2-3-4-5-6-7-8-9-10-11-12-13-14-16-22-17-15-18-23(19-22)25-20-24-21-26-24/h6-7,15,17-19,24H,2-5,8-14,16,20-21H2,1H3/b7-6+. The van der Waals surface area contributed by atoms with Gasteiger partial charge >= 0.3 is 0 Å². The Morgan fingerprint density at radius 1 is 0.962 bits per heavy atom. The SMILES string of the molecule is CCCCC/C=C/CCCCCCCCc1cccc(OCC2CO2)c1. The van der Waals surface area contributed by atoms with Gasteiger partial charge in [0.15, 0.2) is 0 Å². The molecule has 0 N–H and O–H groups in total. The Balaban J connectivity index is 1.41. The molecule has 0 amide bonds. The fourth-order valence-corrected chi connectivity index (χ4v) is 3.19. The zero-order valence-electron chi connectivity index (χ0n) is 16.8. The molecule has 2 nitrogen and oxygen atoms in total. The maximum absolute atomic E-state index is 5.76. The number of unbranched alkanes of at least 4 members (excludes halogenated alkanes) is 9. The number of hydrogen-bond acceptors (Lipinski definition) is 2. The third-order valence-electron chi connectivity index (χ3n) is 4.96. The number of hydrogen-bond donors (Lipinski definition) is 0. The average Bonchev–Trinajstić information content (AvgIpc) is 3.49. The van der Waals surface area contributed by atoms with E-state index < -0.39 is 0 Å². The van der Waals surface area contributed by atoms with E-state index >= 15 is 0 Å². The summed E-state index contributed by atoms with van der Waals surface area (Å²) in [5.41, 5.74) is 1.40. The van der Waals surface area contributed by atoms with Gasteiger partial charge in [0.25, 0.3) is 0 Å². The molecule has 1 aromatic rings. The first kappa shape index (κ1) is 21.0. The molecule has 1 heterocycles. The Kier molecular flexibility index (Phi) is 11.2. The zero-order chi connectivity index (χ0) is 18.3. The molecule has 0 bridgehead atoms. The van der Waals surface area contributed by atoms with Crippen molar-refractivity contribution in [3.63, 3.8) is 0 Å². The molecule has 1 aromatic carbocycles. The van der Waals surface area contributed by atoms with Crippen LogP contribution in [0, 0.1) is 0 Å². The molecule has 1 saturated heterocycles. The lowest BCUT2D eigenvalue weighted by molar-refractivity contribution is 0.263. The highest BCUT2D eigenvalue weighted by Gasteiger charge is 2.22. The molecule has 1 atom stereocenters. The van der Waals surface area contributed by atoms with Crippen LogP contribution >= 0.6 is 0 Å². The maximum atomic E-state index is 5.76. The fraction of sp³-hybridized carbons (Fsp3) is 0.667. The molecular formula is C24H38O2. The molecule has 1 aliphatic heterocycles. The van der Waals surface area contributed by atoms with Crippen LogP contribution in [0.4, 0.5) is 0 Å². The van der Waals surface area contributed by atoms with Gasteiger partial charge in [0.1, 0.15) is 18.5 Å². The first-order valence-corrected chi connectivity index (χ1v) is 10.9. The molecule has 1 unspecified atom stereocenters. The Hall–Kier alpha value is -1.28. The second kappa shape index (κ2) is 13.9. The maximum Gasteiger partial charge on any atom is 0.119 e. The van der Waals surface area contributed by atoms with Crippen molar-refractivity contribution in [2.75, 3.05) is 13.2 Å². The van der Waals surface area contributed by atoms with Gasteiger partial charge in [-0.05, 0) is 56.2 Å². The number of ether oxygens (including phenoxy) is 2. The normalized spacial score (nSPS) is 16.3. The van der Waals surface area contributed by atoms with Crippen LogP contribution in [0.15, 0.2) is 36.4 Å². The van der Waals surface area contributed by atoms with E-state index in [-0.39, 0.29) is 0 Å². The lowest BCUT2D eigenvalue weighted by Gasteiger charge is -2.07. The van der Waals surface area contributed by atoms with Crippen LogP contribution in [-0.2, 0) is 11.2 Å². The quantitative estimate of drug-likeness (QED) is 0.183. The van der Waals surface area contributed by atoms with Crippen LogP contribution in [0.2, 0.25) is 0 Å². The van der Waals surface area contributed by atoms with Crippen LogP contribution < -0.4 is 4.74 Å². The van der Waals surface area contributed by atoms with Crippen molar-refractivity contribution in [1.29, 1.82) is 0 Å². The van der Waals surface area contributed by atoms with E-state index in [9.17, 15) is 0 Å². The van der Waals surface area contributed by atoms with E-state index in [1.54, 1.807) is 0 Å². The monoisotopic (exact) mass is 358 g/mol. The molecular weight excluding hydrogens is 320 g/mol. The minimum absolute atomic E-state index is 0.329. The van der Waals surface area contributed by atoms with E-state index in [0.29, 0.717) is 12.7 Å². The minimum atomic E-state index is 0.329. The molecule has 0 spiro atoms. The number of benzene rings is 1. The lowest BCUT2D eigenvalue weighted by Crippen LogP contribution is -2.04. The highest BCUT2D eigenvalue weighted by molar-refractivity contribution is 5.28. The van der Waals surface area contributed by atoms with Crippen LogP contribution in [0.5, 0.6) is 5.75 Å². The van der Waals surface area contributed by atoms with Gasteiger partial charge in [-0.25, -0.2) is 0 Å². The van der Waals surface area contributed by atoms with Crippen molar-refractivity contribution in [3.05, 3.63) is 42.0 Å². The Labute approximate surface area is 161 Å². The molecule has 0 saturated carbocycles. The highest BCUT2D eigenvalue weighted by Crippen LogP contribution is 2.18. The van der Waals surface area contributed by atoms with Crippen molar-refractivity contribution >= 4 is 0 Å². The zero-order valence-corrected chi connectivity index (χ0v) is 16.8. The number of aryl methyl sites for hydroxylation is 1. The second-order valence-electron chi connectivity index (χ2n) is 7.54. The number of allylic oxidation sites excluding steroid dienone is 2.